The van der Waals surface area contributed by atoms with Gasteiger partial charge in [-0.1, -0.05) is 20.8 Å². The second-order valence-electron chi connectivity index (χ2n) is 4.89. The monoisotopic (exact) mass is 255 g/mol. The lowest BCUT2D eigenvalue weighted by Gasteiger charge is -2.27. The van der Waals surface area contributed by atoms with Crippen molar-refractivity contribution in [3.8, 4) is 0 Å². The summed E-state index contributed by atoms with van der Waals surface area (Å²) in [5, 5.41) is 8.84. The Morgan fingerprint density at radius 2 is 1.89 bits per heavy atom. The van der Waals surface area contributed by atoms with Crippen molar-refractivity contribution in [2.24, 2.45) is 5.41 Å². The maximum absolute atomic E-state index is 12.4. The minimum atomic E-state index is -0.979. The van der Waals surface area contributed by atoms with Crippen LogP contribution in [0.1, 0.15) is 52.9 Å². The van der Waals surface area contributed by atoms with Crippen molar-refractivity contribution in [1.82, 2.24) is 4.90 Å². The Bertz CT molecular complexity index is 360. The molecular weight excluding hydrogens is 234 g/mol. The number of amides is 2. The van der Waals surface area contributed by atoms with Crippen molar-refractivity contribution in [3.63, 3.8) is 0 Å². The highest BCUT2D eigenvalue weighted by Gasteiger charge is 2.51. The van der Waals surface area contributed by atoms with Gasteiger partial charge in [0.1, 0.15) is 0 Å². The minimum Gasteiger partial charge on any atom is -0.481 e. The van der Waals surface area contributed by atoms with Crippen LogP contribution in [0.5, 0.6) is 0 Å². The van der Waals surface area contributed by atoms with Crippen LogP contribution in [-0.4, -0.2) is 33.8 Å². The molecule has 1 unspecified atom stereocenters. The molecule has 5 nitrogen and oxygen atoms in total. The fourth-order valence-corrected chi connectivity index (χ4v) is 2.61. The van der Waals surface area contributed by atoms with E-state index >= 15 is 0 Å². The lowest BCUT2D eigenvalue weighted by molar-refractivity contribution is -0.146. The highest BCUT2D eigenvalue weighted by Crippen LogP contribution is 2.40. The zero-order valence-electron chi connectivity index (χ0n) is 11.2. The van der Waals surface area contributed by atoms with Gasteiger partial charge in [-0.15, -0.1) is 0 Å². The maximum atomic E-state index is 12.4. The number of hydrogen-bond donors (Lipinski definition) is 1. The number of aliphatic carboxylic acids is 1. The van der Waals surface area contributed by atoms with Gasteiger partial charge in [-0.25, -0.2) is 0 Å². The summed E-state index contributed by atoms with van der Waals surface area (Å²) in [6, 6.07) is -0.512. The molecule has 0 bridgehead atoms. The van der Waals surface area contributed by atoms with Crippen molar-refractivity contribution < 1.29 is 19.5 Å². The molecule has 1 atom stereocenters. The van der Waals surface area contributed by atoms with Gasteiger partial charge in [-0.2, -0.15) is 0 Å². The van der Waals surface area contributed by atoms with E-state index in [9.17, 15) is 14.4 Å². The van der Waals surface area contributed by atoms with E-state index in [-0.39, 0.29) is 24.7 Å². The number of imide groups is 1. The van der Waals surface area contributed by atoms with Crippen LogP contribution < -0.4 is 0 Å². The molecular formula is C13H21NO4. The van der Waals surface area contributed by atoms with E-state index in [1.54, 1.807) is 6.92 Å². The van der Waals surface area contributed by atoms with Crippen LogP contribution in [0.15, 0.2) is 0 Å². The third-order valence-electron chi connectivity index (χ3n) is 4.03. The minimum absolute atomic E-state index is 0.169. The molecule has 0 aliphatic carbocycles. The number of carboxylic acids is 1. The number of carbonyl (C=O) groups is 3. The van der Waals surface area contributed by atoms with Crippen LogP contribution in [0.25, 0.3) is 0 Å². The Morgan fingerprint density at radius 3 is 2.22 bits per heavy atom. The molecule has 5 heteroatoms. The highest BCUT2D eigenvalue weighted by atomic mass is 16.4. The number of carbonyl (C=O) groups excluding carboxylic acids is 2. The van der Waals surface area contributed by atoms with Gasteiger partial charge in [0.25, 0.3) is 0 Å². The second kappa shape index (κ2) is 5.50. The quantitative estimate of drug-likeness (QED) is 0.734. The molecule has 18 heavy (non-hydrogen) atoms. The Hall–Kier alpha value is -1.39. The van der Waals surface area contributed by atoms with Gasteiger partial charge in [0.05, 0.1) is 11.8 Å². The molecule has 1 saturated heterocycles. The number of hydrogen-bond acceptors (Lipinski definition) is 3. The summed E-state index contributed by atoms with van der Waals surface area (Å²) in [6.45, 7) is 5.60. The first-order valence-electron chi connectivity index (χ1n) is 6.50. The SMILES string of the molecule is CCC(CC(=O)O)N1C(=O)CC(CC)(CC)C1=O. The van der Waals surface area contributed by atoms with Gasteiger partial charge >= 0.3 is 5.97 Å². The molecule has 0 radical (unpaired) electrons. The topological polar surface area (TPSA) is 74.7 Å². The van der Waals surface area contributed by atoms with Crippen molar-refractivity contribution in [2.45, 2.75) is 58.9 Å². The fraction of sp³-hybridized carbons (Fsp3) is 0.769. The molecule has 1 rings (SSSR count). The summed E-state index contributed by atoms with van der Waals surface area (Å²) < 4.78 is 0. The molecule has 0 aromatic carbocycles. The summed E-state index contributed by atoms with van der Waals surface area (Å²) in [5.41, 5.74) is -0.608. The molecule has 0 aromatic rings. The predicted octanol–water partition coefficient (Wildman–Crippen LogP) is 1.80. The first-order valence-corrected chi connectivity index (χ1v) is 6.50. The zero-order chi connectivity index (χ0) is 13.9. The van der Waals surface area contributed by atoms with Gasteiger partial charge in [0, 0.05) is 12.5 Å². The van der Waals surface area contributed by atoms with E-state index in [1.165, 1.54) is 4.90 Å². The molecule has 1 aliphatic heterocycles. The van der Waals surface area contributed by atoms with E-state index in [1.807, 2.05) is 13.8 Å². The normalized spacial score (nSPS) is 20.3. The zero-order valence-corrected chi connectivity index (χ0v) is 11.2. The summed E-state index contributed by atoms with van der Waals surface area (Å²) in [7, 11) is 0. The van der Waals surface area contributed by atoms with Crippen molar-refractivity contribution >= 4 is 17.8 Å². The van der Waals surface area contributed by atoms with Crippen LogP contribution in [0.4, 0.5) is 0 Å². The van der Waals surface area contributed by atoms with Gasteiger partial charge < -0.3 is 5.11 Å². The van der Waals surface area contributed by atoms with E-state index in [0.29, 0.717) is 19.3 Å². The summed E-state index contributed by atoms with van der Waals surface area (Å²) in [5.74, 6) is -1.39. The van der Waals surface area contributed by atoms with Crippen LogP contribution in [0.3, 0.4) is 0 Å². The maximum Gasteiger partial charge on any atom is 0.305 e. The Labute approximate surface area is 107 Å². The second-order valence-corrected chi connectivity index (χ2v) is 4.89. The third-order valence-corrected chi connectivity index (χ3v) is 4.03. The number of carboxylic acid groups (broad SMARTS) is 1. The first-order chi connectivity index (χ1) is 8.41. The predicted molar refractivity (Wildman–Crippen MR) is 65.8 cm³/mol. The van der Waals surface area contributed by atoms with Crippen LogP contribution >= 0.6 is 0 Å². The van der Waals surface area contributed by atoms with E-state index in [4.69, 9.17) is 5.11 Å². The molecule has 1 heterocycles. The van der Waals surface area contributed by atoms with E-state index < -0.39 is 17.4 Å². The molecule has 102 valence electrons. The Balaban J connectivity index is 2.99. The molecule has 0 aromatic heterocycles. The highest BCUT2D eigenvalue weighted by molar-refractivity contribution is 6.06. The molecule has 0 spiro atoms. The third kappa shape index (κ3) is 2.40. The average Bonchev–Trinajstić information content (AvgIpc) is 2.58. The standard InChI is InChI=1S/C13H21NO4/c1-4-9(7-11(16)17)14-10(15)8-13(5-2,6-3)12(14)18/h9H,4-8H2,1-3H3,(H,16,17). The summed E-state index contributed by atoms with van der Waals surface area (Å²) >= 11 is 0. The van der Waals surface area contributed by atoms with E-state index in [2.05, 4.69) is 0 Å². The molecule has 2 amide bonds. The van der Waals surface area contributed by atoms with Crippen molar-refractivity contribution in [2.75, 3.05) is 0 Å². The molecule has 1 fully saturated rings. The number of rotatable bonds is 6. The smallest absolute Gasteiger partial charge is 0.305 e. The number of nitrogens with zero attached hydrogens (tertiary/aromatic N) is 1. The fourth-order valence-electron chi connectivity index (χ4n) is 2.61. The lowest BCUT2D eigenvalue weighted by Crippen LogP contribution is -2.43. The Kier molecular flexibility index (Phi) is 4.48. The average molecular weight is 255 g/mol. The van der Waals surface area contributed by atoms with Crippen LogP contribution in [-0.2, 0) is 14.4 Å². The molecule has 1 N–H and O–H groups in total. The van der Waals surface area contributed by atoms with Gasteiger partial charge in [0.2, 0.25) is 11.8 Å². The van der Waals surface area contributed by atoms with Gasteiger partial charge in [-0.3, -0.25) is 19.3 Å². The Morgan fingerprint density at radius 1 is 1.33 bits per heavy atom. The van der Waals surface area contributed by atoms with Gasteiger partial charge in [-0.05, 0) is 19.3 Å². The van der Waals surface area contributed by atoms with Gasteiger partial charge in [0.15, 0.2) is 0 Å². The number of likely N-dealkylation sites (tertiary alicyclic amines) is 1. The van der Waals surface area contributed by atoms with Crippen LogP contribution in [0, 0.1) is 5.41 Å². The van der Waals surface area contributed by atoms with Crippen molar-refractivity contribution in [3.05, 3.63) is 0 Å². The summed E-state index contributed by atoms with van der Waals surface area (Å²) in [6.07, 6.45) is 1.77. The molecule has 1 aliphatic rings. The largest absolute Gasteiger partial charge is 0.481 e. The molecule has 0 saturated carbocycles. The lowest BCUT2D eigenvalue weighted by atomic mass is 9.81. The van der Waals surface area contributed by atoms with Crippen LogP contribution in [0.2, 0.25) is 0 Å². The first kappa shape index (κ1) is 14.7. The van der Waals surface area contributed by atoms with Crippen molar-refractivity contribution in [1.29, 1.82) is 0 Å². The van der Waals surface area contributed by atoms with E-state index in [0.717, 1.165) is 0 Å². The summed E-state index contributed by atoms with van der Waals surface area (Å²) in [4.78, 5) is 36.4.